The fourth-order valence-corrected chi connectivity index (χ4v) is 0.847. The molecule has 1 N–H and O–H groups in total. The molecule has 0 aliphatic heterocycles. The maximum Gasteiger partial charge on any atom is 0.324 e. The molecule has 0 saturated carbocycles. The molecule has 0 amide bonds. The van der Waals surface area contributed by atoms with E-state index in [0.29, 0.717) is 0 Å². The van der Waals surface area contributed by atoms with E-state index >= 15 is 0 Å². The van der Waals surface area contributed by atoms with Gasteiger partial charge in [0, 0.05) is 5.43 Å². The Kier molecular flexibility index (Phi) is 2.07. The standard InChI is InChI=1S/C3HN11O2/c4-12-6-1-5-7-2-8-9-3(11-14(15)16)13(2)10-1/h(H-,6,9,10,11). The van der Waals surface area contributed by atoms with E-state index in [0.717, 1.165) is 4.52 Å². The van der Waals surface area contributed by atoms with Crippen LogP contribution in [0, 0.1) is 15.5 Å². The number of hydrogen-bond donors (Lipinski definition) is 1. The molecule has 16 heavy (non-hydrogen) atoms. The number of nitro groups is 1. The van der Waals surface area contributed by atoms with Crippen LogP contribution in [0.5, 0.6) is 0 Å². The van der Waals surface area contributed by atoms with E-state index < -0.39 is 5.03 Å². The average Bonchev–Trinajstić information content (AvgIpc) is 2.61. The second kappa shape index (κ2) is 3.53. The van der Waals surface area contributed by atoms with E-state index in [2.05, 4.69) is 36.0 Å². The molecular formula is C3HN11O2. The van der Waals surface area contributed by atoms with Crippen molar-refractivity contribution in [2.45, 2.75) is 0 Å². The third-order valence-corrected chi connectivity index (χ3v) is 1.36. The molecule has 0 bridgehead atoms. The number of anilines is 1. The van der Waals surface area contributed by atoms with Crippen molar-refractivity contribution in [3.63, 3.8) is 0 Å². The average molecular weight is 223 g/mol. The second-order valence-corrected chi connectivity index (χ2v) is 2.29. The Labute approximate surface area is 85.2 Å². The lowest BCUT2D eigenvalue weighted by atomic mass is 11.0. The summed E-state index contributed by atoms with van der Waals surface area (Å²) in [6.45, 7) is 0. The van der Waals surface area contributed by atoms with Gasteiger partial charge in [-0.3, -0.25) is 9.61 Å². The van der Waals surface area contributed by atoms with Gasteiger partial charge in [-0.1, -0.05) is 5.43 Å². The van der Waals surface area contributed by atoms with E-state index in [1.807, 2.05) is 5.43 Å². The first kappa shape index (κ1) is 9.39. The predicted molar refractivity (Wildman–Crippen MR) is 45.1 cm³/mol. The predicted octanol–water partition coefficient (Wildman–Crippen LogP) is -0.709. The van der Waals surface area contributed by atoms with Gasteiger partial charge in [0.05, 0.1) is 0 Å². The molecule has 2 heterocycles. The van der Waals surface area contributed by atoms with Gasteiger partial charge in [0.1, 0.15) is 11.0 Å². The summed E-state index contributed by atoms with van der Waals surface area (Å²) in [5, 5.41) is 37.3. The molecule has 0 saturated heterocycles. The second-order valence-electron chi connectivity index (χ2n) is 2.29. The first-order valence-electron chi connectivity index (χ1n) is 3.63. The fraction of sp³-hybridized carbons (Fsp3) is 0. The van der Waals surface area contributed by atoms with Crippen LogP contribution in [0.1, 0.15) is 0 Å². The third-order valence-electron chi connectivity index (χ3n) is 1.36. The zero-order valence-electron chi connectivity index (χ0n) is 7.29. The first-order chi connectivity index (χ1) is 7.70. The van der Waals surface area contributed by atoms with Crippen molar-refractivity contribution in [1.82, 2.24) is 30.0 Å². The number of diazo groups is 1. The smallest absolute Gasteiger partial charge is 0.265 e. The Morgan fingerprint density at radius 3 is 2.88 bits per heavy atom. The normalized spacial score (nSPS) is 9.69. The number of rotatable bonds is 3. The monoisotopic (exact) mass is 223 g/mol. The van der Waals surface area contributed by atoms with Gasteiger partial charge in [0.15, 0.2) is 0 Å². The van der Waals surface area contributed by atoms with Crippen molar-refractivity contribution in [3.05, 3.63) is 20.6 Å². The maximum atomic E-state index is 10.1. The highest BCUT2D eigenvalue weighted by Crippen LogP contribution is 2.13. The van der Waals surface area contributed by atoms with Crippen molar-refractivity contribution < 1.29 is 5.03 Å². The molecule has 13 heteroatoms. The fourth-order valence-electron chi connectivity index (χ4n) is 0.847. The Morgan fingerprint density at radius 1 is 1.44 bits per heavy atom. The Morgan fingerprint density at radius 2 is 2.19 bits per heavy atom. The molecule has 0 unspecified atom stereocenters. The molecule has 2 aromatic rings. The number of nitrogens with zero attached hydrogens (tertiary/aromatic N) is 10. The van der Waals surface area contributed by atoms with Gasteiger partial charge >= 0.3 is 11.0 Å². The lowest BCUT2D eigenvalue weighted by Gasteiger charge is -2.00. The summed E-state index contributed by atoms with van der Waals surface area (Å²) in [7, 11) is 0. The number of fused-ring (bicyclic) bond motifs is 1. The largest absolute Gasteiger partial charge is 0.324 e. The van der Waals surface area contributed by atoms with E-state index in [1.165, 1.54) is 0 Å². The molecular weight excluding hydrogens is 222 g/mol. The molecule has 13 nitrogen and oxygen atoms in total. The summed E-state index contributed by atoms with van der Waals surface area (Å²) in [6, 6.07) is 0. The van der Waals surface area contributed by atoms with Crippen LogP contribution in [0.15, 0.2) is 0 Å². The summed E-state index contributed by atoms with van der Waals surface area (Å²) in [6.07, 6.45) is 0. The van der Waals surface area contributed by atoms with Crippen molar-refractivity contribution in [3.8, 4) is 0 Å². The Bertz CT molecular complexity index is 580. The molecule has 0 radical (unpaired) electrons. The highest BCUT2D eigenvalue weighted by Gasteiger charge is 2.07. The number of hydrogen-bond acceptors (Lipinski definition) is 9. The SMILES string of the molecule is N#[N+]Nc1nnc2nnc([N-][N+](=O)[O-])n2n1. The lowest BCUT2D eigenvalue weighted by molar-refractivity contribution is -0.419. The molecule has 2 aromatic heterocycles. The first-order valence-corrected chi connectivity index (χ1v) is 3.63. The quantitative estimate of drug-likeness (QED) is 0.401. The van der Waals surface area contributed by atoms with Crippen LogP contribution in [-0.4, -0.2) is 35.0 Å². The van der Waals surface area contributed by atoms with Crippen molar-refractivity contribution in [2.75, 3.05) is 5.43 Å². The molecule has 0 aromatic carbocycles. The molecule has 0 aliphatic carbocycles. The minimum Gasteiger partial charge on any atom is -0.265 e. The zero-order chi connectivity index (χ0) is 11.5. The van der Waals surface area contributed by atoms with Gasteiger partial charge < -0.3 is 0 Å². The van der Waals surface area contributed by atoms with E-state index in [9.17, 15) is 10.1 Å². The summed E-state index contributed by atoms with van der Waals surface area (Å²) in [4.78, 5) is 10.1. The molecule has 0 spiro atoms. The van der Waals surface area contributed by atoms with Crippen LogP contribution in [0.2, 0.25) is 0 Å². The topological polar surface area (TPSA) is 166 Å². The van der Waals surface area contributed by atoms with Gasteiger partial charge in [-0.05, 0) is 0 Å². The number of aromatic nitrogens is 6. The summed E-state index contributed by atoms with van der Waals surface area (Å²) >= 11 is 0. The van der Waals surface area contributed by atoms with E-state index in [1.54, 1.807) is 0 Å². The van der Waals surface area contributed by atoms with Crippen LogP contribution < -0.4 is 5.43 Å². The minimum atomic E-state index is -0.956. The minimum absolute atomic E-state index is 0.0795. The van der Waals surface area contributed by atoms with Crippen LogP contribution in [-0.2, 0) is 0 Å². The van der Waals surface area contributed by atoms with Crippen molar-refractivity contribution in [2.24, 2.45) is 0 Å². The molecule has 2 rings (SSSR count). The highest BCUT2D eigenvalue weighted by atomic mass is 16.7. The Balaban J connectivity index is 2.47. The van der Waals surface area contributed by atoms with E-state index in [4.69, 9.17) is 5.39 Å². The Hall–Kier alpha value is -3.17. The third kappa shape index (κ3) is 1.57. The molecule has 80 valence electrons. The maximum absolute atomic E-state index is 10.1. The van der Waals surface area contributed by atoms with Crippen molar-refractivity contribution >= 4 is 17.7 Å². The summed E-state index contributed by atoms with van der Waals surface area (Å²) < 4.78 is 0.864. The summed E-state index contributed by atoms with van der Waals surface area (Å²) in [5.74, 6) is -0.658. The van der Waals surface area contributed by atoms with Gasteiger partial charge in [-0.2, -0.15) is 10.2 Å². The van der Waals surface area contributed by atoms with Gasteiger partial charge in [-0.25, -0.2) is 10.1 Å². The van der Waals surface area contributed by atoms with Crippen LogP contribution in [0.25, 0.3) is 16.3 Å². The zero-order valence-corrected chi connectivity index (χ0v) is 7.29. The van der Waals surface area contributed by atoms with E-state index in [-0.39, 0.29) is 17.7 Å². The molecule has 0 aliphatic rings. The van der Waals surface area contributed by atoms with Crippen LogP contribution >= 0.6 is 0 Å². The molecule has 0 fully saturated rings. The van der Waals surface area contributed by atoms with Gasteiger partial charge in [0.2, 0.25) is 5.78 Å². The molecule has 0 atom stereocenters. The highest BCUT2D eigenvalue weighted by molar-refractivity contribution is 5.38. The lowest BCUT2D eigenvalue weighted by Crippen LogP contribution is -2.03. The van der Waals surface area contributed by atoms with Gasteiger partial charge in [0.25, 0.3) is 5.39 Å². The van der Waals surface area contributed by atoms with Crippen LogP contribution in [0.3, 0.4) is 0 Å². The van der Waals surface area contributed by atoms with Crippen molar-refractivity contribution in [1.29, 1.82) is 5.39 Å². The number of nitrogens with one attached hydrogen (secondary N) is 1. The van der Waals surface area contributed by atoms with Gasteiger partial charge in [-0.15, -0.1) is 10.2 Å². The van der Waals surface area contributed by atoms with Crippen LogP contribution in [0.4, 0.5) is 11.9 Å². The summed E-state index contributed by atoms with van der Waals surface area (Å²) in [5.41, 5.74) is 4.89.